The third kappa shape index (κ3) is 5.03. The van der Waals surface area contributed by atoms with Gasteiger partial charge in [0.1, 0.15) is 5.75 Å². The fraction of sp³-hybridized carbons (Fsp3) is 0.318. The zero-order valence-corrected chi connectivity index (χ0v) is 16.5. The predicted octanol–water partition coefficient (Wildman–Crippen LogP) is 3.15. The summed E-state index contributed by atoms with van der Waals surface area (Å²) >= 11 is 0. The molecular weight excluding hydrogens is 384 g/mol. The van der Waals surface area contributed by atoms with Crippen LogP contribution >= 0.6 is 0 Å². The summed E-state index contributed by atoms with van der Waals surface area (Å²) in [6, 6.07) is 16.9. The van der Waals surface area contributed by atoms with E-state index < -0.39 is 5.91 Å². The Hall–Kier alpha value is -3.23. The van der Waals surface area contributed by atoms with Crippen LogP contribution < -0.4 is 10.2 Å². The number of nitrogens with zero attached hydrogens (tertiary/aromatic N) is 3. The van der Waals surface area contributed by atoms with Crippen molar-refractivity contribution in [3.8, 4) is 5.75 Å². The molecule has 0 unspecified atom stereocenters. The van der Waals surface area contributed by atoms with Crippen molar-refractivity contribution in [2.24, 2.45) is 0 Å². The van der Waals surface area contributed by atoms with E-state index in [1.807, 2.05) is 6.07 Å². The Balaban J connectivity index is 1.26. The van der Waals surface area contributed by atoms with Crippen LogP contribution in [0.5, 0.6) is 5.75 Å². The number of aromatic nitrogens is 2. The highest BCUT2D eigenvalue weighted by Gasteiger charge is 2.24. The molecule has 1 amide bonds. The number of hydroxylamine groups is 1. The van der Waals surface area contributed by atoms with E-state index in [1.165, 1.54) is 5.56 Å². The van der Waals surface area contributed by atoms with E-state index in [2.05, 4.69) is 39.3 Å². The van der Waals surface area contributed by atoms with Crippen LogP contribution in [0.25, 0.3) is 0 Å². The van der Waals surface area contributed by atoms with Gasteiger partial charge >= 0.3 is 0 Å². The highest BCUT2D eigenvalue weighted by atomic mass is 16.5. The number of hydrogen-bond donors (Lipinski definition) is 2. The molecule has 1 aliphatic rings. The molecule has 8 heteroatoms. The molecule has 1 aliphatic heterocycles. The number of amides is 1. The van der Waals surface area contributed by atoms with Crippen molar-refractivity contribution in [3.05, 3.63) is 77.4 Å². The number of carbonyl (C=O) groups excluding carboxylic acids is 1. The van der Waals surface area contributed by atoms with Gasteiger partial charge < -0.3 is 9.26 Å². The molecule has 0 atom stereocenters. The van der Waals surface area contributed by atoms with E-state index in [4.69, 9.17) is 14.5 Å². The first-order valence-electron chi connectivity index (χ1n) is 9.97. The minimum absolute atomic E-state index is 0.158. The normalized spacial score (nSPS) is 15.1. The monoisotopic (exact) mass is 408 g/mol. The number of rotatable bonds is 7. The highest BCUT2D eigenvalue weighted by molar-refractivity contribution is 5.93. The van der Waals surface area contributed by atoms with Gasteiger partial charge in [0.25, 0.3) is 11.8 Å². The number of piperidine rings is 1. The molecule has 0 saturated carbocycles. The molecule has 0 spiro atoms. The van der Waals surface area contributed by atoms with Crippen LogP contribution in [0.15, 0.2) is 59.1 Å². The molecule has 3 aromatic rings. The number of likely N-dealkylation sites (tertiary alicyclic amines) is 1. The molecular formula is C22H24N4O4. The summed E-state index contributed by atoms with van der Waals surface area (Å²) in [4.78, 5) is 18.3. The second-order valence-electron chi connectivity index (χ2n) is 7.34. The molecule has 0 aliphatic carbocycles. The van der Waals surface area contributed by atoms with Crippen molar-refractivity contribution in [2.75, 3.05) is 13.1 Å². The fourth-order valence-corrected chi connectivity index (χ4v) is 3.60. The lowest BCUT2D eigenvalue weighted by molar-refractivity contribution is 0.0706. The molecule has 2 heterocycles. The molecule has 1 saturated heterocycles. The predicted molar refractivity (Wildman–Crippen MR) is 108 cm³/mol. The van der Waals surface area contributed by atoms with Gasteiger partial charge in [-0.3, -0.25) is 14.9 Å². The third-order valence-electron chi connectivity index (χ3n) is 5.27. The maximum atomic E-state index is 11.3. The van der Waals surface area contributed by atoms with E-state index in [1.54, 1.807) is 29.7 Å². The first-order valence-corrected chi connectivity index (χ1v) is 9.97. The van der Waals surface area contributed by atoms with Gasteiger partial charge in [0.05, 0.1) is 0 Å². The van der Waals surface area contributed by atoms with Gasteiger partial charge in [0.2, 0.25) is 0 Å². The van der Waals surface area contributed by atoms with Gasteiger partial charge in [-0.25, -0.2) is 5.48 Å². The molecule has 156 valence electrons. The Bertz CT molecular complexity index is 951. The van der Waals surface area contributed by atoms with Crippen molar-refractivity contribution in [3.63, 3.8) is 0 Å². The topological polar surface area (TPSA) is 101 Å². The van der Waals surface area contributed by atoms with Gasteiger partial charge in [-0.15, -0.1) is 0 Å². The van der Waals surface area contributed by atoms with Crippen molar-refractivity contribution in [2.45, 2.75) is 31.9 Å². The molecule has 2 aromatic carbocycles. The van der Waals surface area contributed by atoms with Crippen molar-refractivity contribution in [1.29, 1.82) is 0 Å². The minimum atomic E-state index is -0.571. The van der Waals surface area contributed by atoms with E-state index in [0.29, 0.717) is 23.1 Å². The molecule has 0 bridgehead atoms. The summed E-state index contributed by atoms with van der Waals surface area (Å²) in [6.45, 7) is 3.14. The Morgan fingerprint density at radius 2 is 1.87 bits per heavy atom. The second-order valence-corrected chi connectivity index (χ2v) is 7.34. The van der Waals surface area contributed by atoms with E-state index in [0.717, 1.165) is 38.3 Å². The van der Waals surface area contributed by atoms with Gasteiger partial charge in [-0.05, 0) is 55.8 Å². The standard InChI is InChI=1S/C22H24N4O4/c27-22(24-28)18-6-8-19(9-7-18)29-15-20-23-21(25-30-20)17-10-12-26(13-11-17)14-16-4-2-1-3-5-16/h1-9,17,28H,10-15H2,(H,24,27). The maximum absolute atomic E-state index is 11.3. The SMILES string of the molecule is O=C(NO)c1ccc(OCc2nc(C3CCN(Cc4ccccc4)CC3)no2)cc1. The lowest BCUT2D eigenvalue weighted by Gasteiger charge is -2.30. The Morgan fingerprint density at radius 3 is 2.57 bits per heavy atom. The maximum Gasteiger partial charge on any atom is 0.274 e. The summed E-state index contributed by atoms with van der Waals surface area (Å²) in [5, 5.41) is 12.8. The van der Waals surface area contributed by atoms with Gasteiger partial charge in [0, 0.05) is 18.0 Å². The van der Waals surface area contributed by atoms with Crippen LogP contribution in [0.1, 0.15) is 46.4 Å². The van der Waals surface area contributed by atoms with Crippen molar-refractivity contribution in [1.82, 2.24) is 20.5 Å². The van der Waals surface area contributed by atoms with Crippen LogP contribution in [0.2, 0.25) is 0 Å². The summed E-state index contributed by atoms with van der Waals surface area (Å²) in [5.74, 6) is 1.46. The Kier molecular flexibility index (Phi) is 6.36. The lowest BCUT2D eigenvalue weighted by Crippen LogP contribution is -2.32. The Labute approximate surface area is 174 Å². The zero-order valence-electron chi connectivity index (χ0n) is 16.5. The van der Waals surface area contributed by atoms with E-state index in [-0.39, 0.29) is 6.61 Å². The quantitative estimate of drug-likeness (QED) is 0.457. The average molecular weight is 408 g/mol. The third-order valence-corrected chi connectivity index (χ3v) is 5.27. The van der Waals surface area contributed by atoms with Crippen LogP contribution in [0.3, 0.4) is 0 Å². The number of hydrogen-bond acceptors (Lipinski definition) is 7. The average Bonchev–Trinajstić information content (AvgIpc) is 3.28. The largest absolute Gasteiger partial charge is 0.484 e. The first-order chi connectivity index (χ1) is 14.7. The summed E-state index contributed by atoms with van der Waals surface area (Å²) in [7, 11) is 0. The highest BCUT2D eigenvalue weighted by Crippen LogP contribution is 2.27. The minimum Gasteiger partial charge on any atom is -0.484 e. The molecule has 2 N–H and O–H groups in total. The number of ether oxygens (including phenoxy) is 1. The molecule has 8 nitrogen and oxygen atoms in total. The number of nitrogens with one attached hydrogen (secondary N) is 1. The summed E-state index contributed by atoms with van der Waals surface area (Å²) in [5.41, 5.74) is 3.26. The van der Waals surface area contributed by atoms with E-state index in [9.17, 15) is 4.79 Å². The fourth-order valence-electron chi connectivity index (χ4n) is 3.60. The smallest absolute Gasteiger partial charge is 0.274 e. The second kappa shape index (κ2) is 9.51. The van der Waals surface area contributed by atoms with Crippen molar-refractivity contribution >= 4 is 5.91 Å². The van der Waals surface area contributed by atoms with E-state index >= 15 is 0 Å². The van der Waals surface area contributed by atoms with Crippen LogP contribution in [-0.4, -0.2) is 39.2 Å². The molecule has 0 radical (unpaired) electrons. The van der Waals surface area contributed by atoms with Crippen LogP contribution in [0.4, 0.5) is 0 Å². The molecule has 1 fully saturated rings. The van der Waals surface area contributed by atoms with Gasteiger partial charge in [-0.2, -0.15) is 4.98 Å². The Morgan fingerprint density at radius 1 is 1.13 bits per heavy atom. The van der Waals surface area contributed by atoms with Crippen LogP contribution in [0, 0.1) is 0 Å². The zero-order chi connectivity index (χ0) is 20.8. The molecule has 4 rings (SSSR count). The summed E-state index contributed by atoms with van der Waals surface area (Å²) in [6.07, 6.45) is 2.00. The first kappa shape index (κ1) is 20.1. The number of carbonyl (C=O) groups is 1. The summed E-state index contributed by atoms with van der Waals surface area (Å²) < 4.78 is 11.0. The van der Waals surface area contributed by atoms with Crippen LogP contribution in [-0.2, 0) is 13.2 Å². The number of benzene rings is 2. The molecule has 1 aromatic heterocycles. The van der Waals surface area contributed by atoms with Crippen molar-refractivity contribution < 1.29 is 19.3 Å². The van der Waals surface area contributed by atoms with Gasteiger partial charge in [-0.1, -0.05) is 35.5 Å². The van der Waals surface area contributed by atoms with Gasteiger partial charge in [0.15, 0.2) is 12.4 Å². The molecule has 30 heavy (non-hydrogen) atoms. The lowest BCUT2D eigenvalue weighted by atomic mass is 9.96.